The molecule has 0 aromatic heterocycles. The lowest BCUT2D eigenvalue weighted by atomic mass is 9.90. The van der Waals surface area contributed by atoms with Crippen LogP contribution in [0.25, 0.3) is 0 Å². The minimum Gasteiger partial charge on any atom is -0.508 e. The summed E-state index contributed by atoms with van der Waals surface area (Å²) in [6, 6.07) is 11.2. The van der Waals surface area contributed by atoms with Gasteiger partial charge in [0.05, 0.1) is 7.11 Å². The Morgan fingerprint density at radius 3 is 2.67 bits per heavy atom. The van der Waals surface area contributed by atoms with Crippen molar-refractivity contribution in [3.8, 4) is 17.2 Å². The summed E-state index contributed by atoms with van der Waals surface area (Å²) < 4.78 is 5.21. The second-order valence-corrected chi connectivity index (χ2v) is 5.35. The molecule has 110 valence electrons. The van der Waals surface area contributed by atoms with E-state index in [0.717, 1.165) is 30.5 Å². The zero-order valence-electron chi connectivity index (χ0n) is 12.0. The molecule has 4 nitrogen and oxygen atoms in total. The molecule has 0 radical (unpaired) electrons. The van der Waals surface area contributed by atoms with Crippen molar-refractivity contribution >= 4 is 0 Å². The van der Waals surface area contributed by atoms with Gasteiger partial charge in [0.2, 0.25) is 0 Å². The Balaban J connectivity index is 1.90. The fourth-order valence-electron chi connectivity index (χ4n) is 2.87. The molecular weight excluding hydrogens is 266 g/mol. The van der Waals surface area contributed by atoms with Crippen molar-refractivity contribution in [1.29, 1.82) is 0 Å². The lowest BCUT2D eigenvalue weighted by Crippen LogP contribution is -2.31. The first-order valence-corrected chi connectivity index (χ1v) is 7.08. The summed E-state index contributed by atoms with van der Waals surface area (Å²) in [6.07, 6.45) is 1.74. The highest BCUT2D eigenvalue weighted by atomic mass is 16.5. The van der Waals surface area contributed by atoms with Crippen LogP contribution in [0.1, 0.15) is 22.7 Å². The Labute approximate surface area is 124 Å². The molecule has 0 bridgehead atoms. The van der Waals surface area contributed by atoms with Crippen LogP contribution in [-0.2, 0) is 12.8 Å². The number of phenolic OH excluding ortho intramolecular Hbond substituents is 2. The number of hydrogen-bond donors (Lipinski definition) is 3. The van der Waals surface area contributed by atoms with Crippen molar-refractivity contribution in [3.63, 3.8) is 0 Å². The number of rotatable bonds is 3. The minimum absolute atomic E-state index is 0.188. The summed E-state index contributed by atoms with van der Waals surface area (Å²) in [4.78, 5) is 0. The number of aromatic hydroxyl groups is 2. The number of hydrogen-bond acceptors (Lipinski definition) is 4. The first-order chi connectivity index (χ1) is 10.2. The molecule has 2 aromatic rings. The lowest BCUT2D eigenvalue weighted by molar-refractivity contribution is 0.370. The molecule has 0 spiro atoms. The minimum atomic E-state index is 0.188. The maximum absolute atomic E-state index is 9.90. The van der Waals surface area contributed by atoms with E-state index in [0.29, 0.717) is 5.75 Å². The predicted octanol–water partition coefficient (Wildman–Crippen LogP) is 2.54. The number of phenols is 2. The fraction of sp³-hybridized carbons (Fsp3) is 0.294. The number of benzene rings is 2. The van der Waals surface area contributed by atoms with Crippen LogP contribution < -0.4 is 10.1 Å². The summed E-state index contributed by atoms with van der Waals surface area (Å²) in [5, 5.41) is 22.8. The van der Waals surface area contributed by atoms with Gasteiger partial charge in [0, 0.05) is 6.04 Å². The van der Waals surface area contributed by atoms with Crippen molar-refractivity contribution in [2.75, 3.05) is 13.7 Å². The molecule has 2 aromatic carbocycles. The molecule has 1 unspecified atom stereocenters. The number of methoxy groups -OCH3 is 1. The van der Waals surface area contributed by atoms with E-state index < -0.39 is 0 Å². The highest BCUT2D eigenvalue weighted by Crippen LogP contribution is 2.35. The molecule has 3 N–H and O–H groups in total. The van der Waals surface area contributed by atoms with Crippen molar-refractivity contribution in [3.05, 3.63) is 53.1 Å². The zero-order valence-corrected chi connectivity index (χ0v) is 12.0. The summed E-state index contributed by atoms with van der Waals surface area (Å²) in [7, 11) is 1.56. The maximum Gasteiger partial charge on any atom is 0.160 e. The Morgan fingerprint density at radius 1 is 1.19 bits per heavy atom. The largest absolute Gasteiger partial charge is 0.508 e. The van der Waals surface area contributed by atoms with Gasteiger partial charge in [-0.15, -0.1) is 0 Å². The van der Waals surface area contributed by atoms with E-state index in [1.165, 1.54) is 5.56 Å². The third-order valence-electron chi connectivity index (χ3n) is 3.98. The average molecular weight is 285 g/mol. The molecule has 1 aliphatic rings. The fourth-order valence-corrected chi connectivity index (χ4v) is 2.87. The Morgan fingerprint density at radius 2 is 1.95 bits per heavy atom. The van der Waals surface area contributed by atoms with Crippen molar-refractivity contribution in [1.82, 2.24) is 5.32 Å². The molecule has 0 saturated heterocycles. The first-order valence-electron chi connectivity index (χ1n) is 7.08. The van der Waals surface area contributed by atoms with Crippen LogP contribution in [0.15, 0.2) is 36.4 Å². The van der Waals surface area contributed by atoms with Crippen LogP contribution in [-0.4, -0.2) is 23.9 Å². The highest BCUT2D eigenvalue weighted by molar-refractivity contribution is 5.49. The Bertz CT molecular complexity index is 637. The average Bonchev–Trinajstić information content (AvgIpc) is 2.49. The van der Waals surface area contributed by atoms with Gasteiger partial charge in [-0.2, -0.15) is 0 Å². The topological polar surface area (TPSA) is 61.7 Å². The first kappa shape index (κ1) is 13.8. The van der Waals surface area contributed by atoms with E-state index in [2.05, 4.69) is 5.32 Å². The van der Waals surface area contributed by atoms with Crippen molar-refractivity contribution in [2.45, 2.75) is 18.9 Å². The van der Waals surface area contributed by atoms with Gasteiger partial charge in [-0.1, -0.05) is 12.1 Å². The molecule has 1 aliphatic heterocycles. The van der Waals surface area contributed by atoms with Crippen LogP contribution in [0, 0.1) is 0 Å². The standard InChI is InChI=1S/C17H19NO3/c1-21-17-10-14-12(9-16(17)20)6-7-18-15(14)8-11-2-4-13(19)5-3-11/h2-5,9-10,15,18-20H,6-8H2,1H3. The second-order valence-electron chi connectivity index (χ2n) is 5.35. The van der Waals surface area contributed by atoms with Gasteiger partial charge < -0.3 is 20.3 Å². The van der Waals surface area contributed by atoms with Crippen molar-refractivity contribution < 1.29 is 14.9 Å². The molecule has 3 rings (SSSR count). The Hall–Kier alpha value is -2.20. The summed E-state index contributed by atoms with van der Waals surface area (Å²) in [6.45, 7) is 0.890. The third-order valence-corrected chi connectivity index (χ3v) is 3.98. The Kier molecular flexibility index (Phi) is 3.71. The number of ether oxygens (including phenoxy) is 1. The zero-order chi connectivity index (χ0) is 14.8. The maximum atomic E-state index is 9.90. The van der Waals surface area contributed by atoms with Crippen LogP contribution in [0.4, 0.5) is 0 Å². The highest BCUT2D eigenvalue weighted by Gasteiger charge is 2.22. The van der Waals surface area contributed by atoms with Gasteiger partial charge >= 0.3 is 0 Å². The molecule has 0 fully saturated rings. The summed E-state index contributed by atoms with van der Waals surface area (Å²) >= 11 is 0. The van der Waals surface area contributed by atoms with Gasteiger partial charge in [0.25, 0.3) is 0 Å². The third kappa shape index (κ3) is 2.81. The summed E-state index contributed by atoms with van der Waals surface area (Å²) in [5.74, 6) is 0.983. The van der Waals surface area contributed by atoms with Gasteiger partial charge in [-0.3, -0.25) is 0 Å². The SMILES string of the molecule is COc1cc2c(cc1O)CCNC2Cc1ccc(O)cc1. The van der Waals surface area contributed by atoms with Crippen LogP contribution in [0.5, 0.6) is 17.2 Å². The van der Waals surface area contributed by atoms with E-state index in [9.17, 15) is 10.2 Å². The molecule has 0 aliphatic carbocycles. The van der Waals surface area contributed by atoms with E-state index in [4.69, 9.17) is 4.74 Å². The van der Waals surface area contributed by atoms with Gasteiger partial charge in [0.15, 0.2) is 11.5 Å². The molecule has 1 atom stereocenters. The number of fused-ring (bicyclic) bond motifs is 1. The summed E-state index contributed by atoms with van der Waals surface area (Å²) in [5.41, 5.74) is 3.49. The smallest absolute Gasteiger partial charge is 0.160 e. The van der Waals surface area contributed by atoms with E-state index >= 15 is 0 Å². The molecule has 21 heavy (non-hydrogen) atoms. The predicted molar refractivity (Wildman–Crippen MR) is 80.9 cm³/mol. The van der Waals surface area contributed by atoms with E-state index in [1.54, 1.807) is 25.3 Å². The number of nitrogens with one attached hydrogen (secondary N) is 1. The second kappa shape index (κ2) is 5.66. The van der Waals surface area contributed by atoms with E-state index in [1.807, 2.05) is 18.2 Å². The van der Waals surface area contributed by atoms with E-state index in [-0.39, 0.29) is 17.5 Å². The van der Waals surface area contributed by atoms with Crippen molar-refractivity contribution in [2.24, 2.45) is 0 Å². The van der Waals surface area contributed by atoms with Gasteiger partial charge in [-0.05, 0) is 60.3 Å². The molecule has 4 heteroatoms. The molecular formula is C17H19NO3. The van der Waals surface area contributed by atoms with Gasteiger partial charge in [0.1, 0.15) is 5.75 Å². The van der Waals surface area contributed by atoms with Crippen LogP contribution in [0.2, 0.25) is 0 Å². The van der Waals surface area contributed by atoms with Gasteiger partial charge in [-0.25, -0.2) is 0 Å². The molecule has 0 saturated carbocycles. The molecule has 0 amide bonds. The van der Waals surface area contributed by atoms with Crippen LogP contribution in [0.3, 0.4) is 0 Å². The molecule has 1 heterocycles. The normalized spacial score (nSPS) is 17.3. The van der Waals surface area contributed by atoms with Crippen LogP contribution >= 0.6 is 0 Å². The lowest BCUT2D eigenvalue weighted by Gasteiger charge is -2.28. The quantitative estimate of drug-likeness (QED) is 0.811. The monoisotopic (exact) mass is 285 g/mol.